The molecule has 0 amide bonds. The van der Waals surface area contributed by atoms with Crippen LogP contribution < -0.4 is 5.44 Å². The van der Waals surface area contributed by atoms with Gasteiger partial charge >= 0.3 is 49.7 Å². The predicted molar refractivity (Wildman–Crippen MR) is 31.0 cm³/mol. The Bertz CT molecular complexity index is 179. The second-order valence-electron chi connectivity index (χ2n) is 1.49. The van der Waals surface area contributed by atoms with Gasteiger partial charge in [-0.05, 0) is 0 Å². The minimum absolute atomic E-state index is 0.192. The first-order valence-electron chi connectivity index (χ1n) is 2.15. The molecule has 9 heavy (non-hydrogen) atoms. The van der Waals surface area contributed by atoms with Crippen molar-refractivity contribution in [2.24, 2.45) is 0 Å². The van der Waals surface area contributed by atoms with Crippen molar-refractivity contribution in [2.45, 2.75) is 0 Å². The topological polar surface area (TPSA) is 102 Å². The molecule has 0 aliphatic heterocycles. The second kappa shape index (κ2) is 2.00. The van der Waals surface area contributed by atoms with Gasteiger partial charge in [0, 0.05) is 0 Å². The molecule has 0 saturated heterocycles. The van der Waals surface area contributed by atoms with Gasteiger partial charge in [-0.25, -0.2) is 0 Å². The molecule has 1 aromatic rings. The van der Waals surface area contributed by atoms with Gasteiger partial charge in [0.2, 0.25) is 0 Å². The molecule has 0 bridgehead atoms. The number of hydrogen-bond acceptors (Lipinski definition) is 5. The Morgan fingerprint density at radius 3 is 2.33 bits per heavy atom. The molecule has 0 aromatic carbocycles. The van der Waals surface area contributed by atoms with Crippen LogP contribution in [0.25, 0.3) is 0 Å². The van der Waals surface area contributed by atoms with E-state index in [1.165, 1.54) is 0 Å². The van der Waals surface area contributed by atoms with Crippen LogP contribution in [0.15, 0.2) is 6.20 Å². The third kappa shape index (κ3) is 1.43. The van der Waals surface area contributed by atoms with E-state index in [-0.39, 0.29) is 5.44 Å². The van der Waals surface area contributed by atoms with Crippen LogP contribution in [-0.4, -0.2) is 30.1 Å². The van der Waals surface area contributed by atoms with Crippen molar-refractivity contribution in [1.82, 2.24) is 15.4 Å². The number of hydrogen-bond donors (Lipinski definition) is 4. The molecule has 7 heteroatoms. The van der Waals surface area contributed by atoms with Crippen LogP contribution in [0.1, 0.15) is 0 Å². The quantitative estimate of drug-likeness (QED) is 0.344. The van der Waals surface area contributed by atoms with Gasteiger partial charge in [0.1, 0.15) is 0 Å². The number of nitrogens with one attached hydrogen (secondary N) is 1. The Morgan fingerprint density at radius 1 is 1.44 bits per heavy atom. The third-order valence-corrected chi connectivity index (χ3v) is 1.69. The van der Waals surface area contributed by atoms with E-state index in [0.717, 1.165) is 6.20 Å². The van der Waals surface area contributed by atoms with E-state index in [9.17, 15) is 0 Å². The van der Waals surface area contributed by atoms with Crippen molar-refractivity contribution in [1.29, 1.82) is 0 Å². The van der Waals surface area contributed by atoms with Gasteiger partial charge in [-0.2, -0.15) is 0 Å². The SMILES string of the molecule is O[PH](O)(O)c1c[nH]nn1. The molecule has 0 radical (unpaired) electrons. The molecule has 4 N–H and O–H groups in total. The fraction of sp³-hybridized carbons (Fsp3) is 0. The number of aromatic nitrogens is 3. The van der Waals surface area contributed by atoms with Crippen molar-refractivity contribution < 1.29 is 14.7 Å². The van der Waals surface area contributed by atoms with Crippen LogP contribution in [-0.2, 0) is 0 Å². The van der Waals surface area contributed by atoms with Crippen LogP contribution in [0.4, 0.5) is 0 Å². The fourth-order valence-corrected chi connectivity index (χ4v) is 0.808. The van der Waals surface area contributed by atoms with Crippen molar-refractivity contribution >= 4 is 13.4 Å². The van der Waals surface area contributed by atoms with Crippen LogP contribution in [0.5, 0.6) is 0 Å². The van der Waals surface area contributed by atoms with E-state index in [1.54, 1.807) is 0 Å². The van der Waals surface area contributed by atoms with E-state index < -0.39 is 7.94 Å². The maximum absolute atomic E-state index is 8.51. The monoisotopic (exact) mass is 151 g/mol. The maximum atomic E-state index is 8.51. The van der Waals surface area contributed by atoms with Crippen molar-refractivity contribution in [3.8, 4) is 0 Å². The van der Waals surface area contributed by atoms with Gasteiger partial charge in [-0.15, -0.1) is 0 Å². The number of aromatic amines is 1. The molecule has 0 fully saturated rings. The zero-order chi connectivity index (χ0) is 6.91. The Kier molecular flexibility index (Phi) is 1.46. The van der Waals surface area contributed by atoms with Gasteiger partial charge in [-0.3, -0.25) is 0 Å². The van der Waals surface area contributed by atoms with Crippen molar-refractivity contribution in [3.63, 3.8) is 0 Å². The molecule has 0 atom stereocenters. The summed E-state index contributed by atoms with van der Waals surface area (Å²) >= 11 is 0. The first kappa shape index (κ1) is 6.57. The van der Waals surface area contributed by atoms with E-state index in [1.807, 2.05) is 0 Å². The normalized spacial score (nSPS) is 13.7. The van der Waals surface area contributed by atoms with E-state index in [2.05, 4.69) is 15.4 Å². The molecule has 1 aromatic heterocycles. The summed E-state index contributed by atoms with van der Waals surface area (Å²) in [5.41, 5.74) is -0.192. The molecule has 0 aliphatic rings. The third-order valence-electron chi connectivity index (χ3n) is 0.760. The molecular weight excluding hydrogens is 145 g/mol. The van der Waals surface area contributed by atoms with E-state index in [4.69, 9.17) is 14.7 Å². The molecule has 1 rings (SSSR count). The average molecular weight is 151 g/mol. The Labute approximate surface area is 50.7 Å². The van der Waals surface area contributed by atoms with Crippen LogP contribution >= 0.6 is 7.94 Å². The Morgan fingerprint density at radius 2 is 2.11 bits per heavy atom. The minimum atomic E-state index is -4.19. The van der Waals surface area contributed by atoms with Gasteiger partial charge in [0.15, 0.2) is 0 Å². The van der Waals surface area contributed by atoms with Gasteiger partial charge < -0.3 is 0 Å². The van der Waals surface area contributed by atoms with Gasteiger partial charge in [-0.1, -0.05) is 0 Å². The molecule has 0 aliphatic carbocycles. The zero-order valence-electron chi connectivity index (χ0n) is 4.31. The Balaban J connectivity index is 2.90. The molecule has 0 unspecified atom stereocenters. The standard InChI is InChI=1S/C2H6N3O3P/c6-9(7,8)2-1-3-5-4-2/h1,6-9H,(H,3,4,5). The molecule has 0 saturated carbocycles. The summed E-state index contributed by atoms with van der Waals surface area (Å²) in [5.74, 6) is 0. The first-order valence-corrected chi connectivity index (χ1v) is 3.99. The van der Waals surface area contributed by atoms with E-state index in [0.29, 0.717) is 0 Å². The second-order valence-corrected chi connectivity index (χ2v) is 3.28. The van der Waals surface area contributed by atoms with Crippen LogP contribution in [0, 0.1) is 0 Å². The number of rotatable bonds is 1. The molecule has 0 spiro atoms. The van der Waals surface area contributed by atoms with Crippen LogP contribution in [0.2, 0.25) is 0 Å². The molecule has 1 heterocycles. The summed E-state index contributed by atoms with van der Waals surface area (Å²) in [4.78, 5) is 25.5. The predicted octanol–water partition coefficient (Wildman–Crippen LogP) is -2.10. The van der Waals surface area contributed by atoms with Crippen molar-refractivity contribution in [2.75, 3.05) is 0 Å². The summed E-state index contributed by atoms with van der Waals surface area (Å²) in [7, 11) is -4.19. The molecule has 52 valence electrons. The summed E-state index contributed by atoms with van der Waals surface area (Å²) in [6.07, 6.45) is 1.13. The van der Waals surface area contributed by atoms with Gasteiger partial charge in [0.05, 0.1) is 0 Å². The zero-order valence-corrected chi connectivity index (χ0v) is 5.31. The average Bonchev–Trinajstić information content (AvgIpc) is 2.08. The van der Waals surface area contributed by atoms with Crippen molar-refractivity contribution in [3.05, 3.63) is 6.20 Å². The number of H-pyrrole nitrogens is 1. The summed E-state index contributed by atoms with van der Waals surface area (Å²) in [6, 6.07) is 0. The Hall–Kier alpha value is -0.550. The number of nitrogens with zero attached hydrogens (tertiary/aromatic N) is 2. The van der Waals surface area contributed by atoms with Crippen LogP contribution in [0.3, 0.4) is 0 Å². The van der Waals surface area contributed by atoms with E-state index >= 15 is 0 Å². The summed E-state index contributed by atoms with van der Waals surface area (Å²) < 4.78 is 0. The fourth-order valence-electron chi connectivity index (χ4n) is 0.366. The molecular formula is C2H6N3O3P. The first-order chi connectivity index (χ1) is 4.11. The summed E-state index contributed by atoms with van der Waals surface area (Å²) in [6.45, 7) is 0. The summed E-state index contributed by atoms with van der Waals surface area (Å²) in [5, 5.41) is 8.59. The molecule has 6 nitrogen and oxygen atoms in total. The van der Waals surface area contributed by atoms with Gasteiger partial charge in [0.25, 0.3) is 0 Å².